The lowest BCUT2D eigenvalue weighted by Crippen LogP contribution is -2.28. The fourth-order valence-electron chi connectivity index (χ4n) is 2.88. The molecule has 6 nitrogen and oxygen atoms in total. The molecule has 1 fully saturated rings. The number of hydrogen-bond donors (Lipinski definition) is 2. The summed E-state index contributed by atoms with van der Waals surface area (Å²) in [5.74, 6) is 1.73. The number of hydrogen-bond acceptors (Lipinski definition) is 4. The molecule has 0 aliphatic carbocycles. The number of rotatable bonds is 6. The number of amides is 2. The fourth-order valence-corrected chi connectivity index (χ4v) is 2.88. The number of aromatic nitrogens is 1. The molecule has 2 aromatic rings. The van der Waals surface area contributed by atoms with Gasteiger partial charge in [0.2, 0.25) is 0 Å². The molecule has 1 aromatic heterocycles. The summed E-state index contributed by atoms with van der Waals surface area (Å²) < 4.78 is 5.44. The number of anilines is 2. The van der Waals surface area contributed by atoms with Crippen LogP contribution in [0.4, 0.5) is 16.3 Å². The largest absolute Gasteiger partial charge is 0.494 e. The quantitative estimate of drug-likeness (QED) is 0.846. The van der Waals surface area contributed by atoms with E-state index < -0.39 is 0 Å². The Bertz CT molecular complexity index is 714. The maximum atomic E-state index is 12.1. The Hall–Kier alpha value is -2.76. The van der Waals surface area contributed by atoms with Gasteiger partial charge in [0.15, 0.2) is 0 Å². The number of nitrogens with zero attached hydrogens (tertiary/aromatic N) is 2. The second kappa shape index (κ2) is 8.37. The van der Waals surface area contributed by atoms with E-state index in [0.29, 0.717) is 18.8 Å². The predicted molar refractivity (Wildman–Crippen MR) is 99.2 cm³/mol. The lowest BCUT2D eigenvalue weighted by Gasteiger charge is -2.17. The summed E-state index contributed by atoms with van der Waals surface area (Å²) in [6.45, 7) is 5.09. The monoisotopic (exact) mass is 340 g/mol. The van der Waals surface area contributed by atoms with Crippen molar-refractivity contribution in [3.8, 4) is 5.75 Å². The Kier molecular flexibility index (Phi) is 5.72. The number of carbonyl (C=O) groups is 1. The molecule has 1 aromatic carbocycles. The van der Waals surface area contributed by atoms with Crippen LogP contribution in [0.3, 0.4) is 0 Å². The van der Waals surface area contributed by atoms with Crippen molar-refractivity contribution in [3.05, 3.63) is 48.2 Å². The summed E-state index contributed by atoms with van der Waals surface area (Å²) in [5.41, 5.74) is 1.74. The summed E-state index contributed by atoms with van der Waals surface area (Å²) in [6, 6.07) is 11.1. The van der Waals surface area contributed by atoms with Crippen LogP contribution in [0.25, 0.3) is 0 Å². The summed E-state index contributed by atoms with van der Waals surface area (Å²) in [6.07, 6.45) is 4.23. The normalized spacial score (nSPS) is 13.6. The van der Waals surface area contributed by atoms with Gasteiger partial charge in [-0.1, -0.05) is 6.07 Å². The van der Waals surface area contributed by atoms with Gasteiger partial charge in [0.1, 0.15) is 11.6 Å². The van der Waals surface area contributed by atoms with Gasteiger partial charge in [-0.15, -0.1) is 0 Å². The van der Waals surface area contributed by atoms with Crippen molar-refractivity contribution >= 4 is 17.5 Å². The van der Waals surface area contributed by atoms with Gasteiger partial charge in [0.05, 0.1) is 6.61 Å². The molecule has 2 amide bonds. The zero-order valence-corrected chi connectivity index (χ0v) is 14.5. The van der Waals surface area contributed by atoms with E-state index in [-0.39, 0.29) is 6.03 Å². The molecule has 25 heavy (non-hydrogen) atoms. The standard InChI is InChI=1S/C19H24N4O2/c1-2-25-17-7-5-6-16(13-17)22-19(24)21-14-15-8-9-20-18(12-15)23-10-3-4-11-23/h5-9,12-13H,2-4,10-11,14H2,1H3,(H2,21,22,24). The molecule has 6 heteroatoms. The van der Waals surface area contributed by atoms with Crippen molar-refractivity contribution in [1.82, 2.24) is 10.3 Å². The number of urea groups is 1. The fraction of sp³-hybridized carbons (Fsp3) is 0.368. The highest BCUT2D eigenvalue weighted by atomic mass is 16.5. The van der Waals surface area contributed by atoms with Gasteiger partial charge < -0.3 is 20.3 Å². The topological polar surface area (TPSA) is 66.5 Å². The van der Waals surface area contributed by atoms with E-state index in [1.54, 1.807) is 12.3 Å². The van der Waals surface area contributed by atoms with E-state index >= 15 is 0 Å². The van der Waals surface area contributed by atoms with Gasteiger partial charge in [-0.05, 0) is 49.6 Å². The Morgan fingerprint density at radius 3 is 2.88 bits per heavy atom. The zero-order chi connectivity index (χ0) is 17.5. The molecule has 132 valence electrons. The molecule has 1 saturated heterocycles. The van der Waals surface area contributed by atoms with Crippen molar-refractivity contribution in [2.75, 3.05) is 29.9 Å². The molecule has 0 saturated carbocycles. The summed E-state index contributed by atoms with van der Waals surface area (Å²) in [7, 11) is 0. The number of pyridine rings is 1. The molecule has 2 N–H and O–H groups in total. The van der Waals surface area contributed by atoms with E-state index in [9.17, 15) is 4.79 Å². The first-order chi connectivity index (χ1) is 12.2. The van der Waals surface area contributed by atoms with Crippen LogP contribution in [0.2, 0.25) is 0 Å². The van der Waals surface area contributed by atoms with E-state index in [1.807, 2.05) is 37.3 Å². The summed E-state index contributed by atoms with van der Waals surface area (Å²) in [4.78, 5) is 18.8. The van der Waals surface area contributed by atoms with Crippen LogP contribution < -0.4 is 20.3 Å². The minimum Gasteiger partial charge on any atom is -0.494 e. The first-order valence-electron chi connectivity index (χ1n) is 8.72. The molecular formula is C19H24N4O2. The molecule has 0 unspecified atom stereocenters. The van der Waals surface area contributed by atoms with Crippen LogP contribution in [-0.4, -0.2) is 30.7 Å². The van der Waals surface area contributed by atoms with Crippen LogP contribution in [0, 0.1) is 0 Å². The molecule has 1 aliphatic heterocycles. The van der Waals surface area contributed by atoms with Gasteiger partial charge in [-0.25, -0.2) is 9.78 Å². The van der Waals surface area contributed by atoms with Gasteiger partial charge in [0.25, 0.3) is 0 Å². The van der Waals surface area contributed by atoms with Crippen LogP contribution in [0.1, 0.15) is 25.3 Å². The third kappa shape index (κ3) is 4.86. The van der Waals surface area contributed by atoms with E-state index in [2.05, 4.69) is 20.5 Å². The Balaban J connectivity index is 1.53. The zero-order valence-electron chi connectivity index (χ0n) is 14.5. The molecule has 0 atom stereocenters. The smallest absolute Gasteiger partial charge is 0.319 e. The van der Waals surface area contributed by atoms with Crippen molar-refractivity contribution in [2.24, 2.45) is 0 Å². The van der Waals surface area contributed by atoms with Crippen LogP contribution in [0.5, 0.6) is 5.75 Å². The number of carbonyl (C=O) groups excluding carboxylic acids is 1. The van der Waals surface area contributed by atoms with Crippen molar-refractivity contribution in [1.29, 1.82) is 0 Å². The van der Waals surface area contributed by atoms with Gasteiger partial charge >= 0.3 is 6.03 Å². The minimum absolute atomic E-state index is 0.242. The highest BCUT2D eigenvalue weighted by molar-refractivity contribution is 5.89. The Morgan fingerprint density at radius 2 is 2.08 bits per heavy atom. The summed E-state index contributed by atoms with van der Waals surface area (Å²) >= 11 is 0. The molecule has 0 bridgehead atoms. The van der Waals surface area contributed by atoms with Gasteiger partial charge in [-0.3, -0.25) is 0 Å². The third-order valence-electron chi connectivity index (χ3n) is 4.10. The van der Waals surface area contributed by atoms with E-state index in [1.165, 1.54) is 12.8 Å². The third-order valence-corrected chi connectivity index (χ3v) is 4.10. The number of nitrogens with one attached hydrogen (secondary N) is 2. The van der Waals surface area contributed by atoms with Crippen molar-refractivity contribution in [3.63, 3.8) is 0 Å². The van der Waals surface area contributed by atoms with Gasteiger partial charge in [-0.2, -0.15) is 0 Å². The van der Waals surface area contributed by atoms with E-state index in [4.69, 9.17) is 4.74 Å². The van der Waals surface area contributed by atoms with E-state index in [0.717, 1.165) is 30.2 Å². The first kappa shape index (κ1) is 17.1. The van der Waals surface area contributed by atoms with Crippen LogP contribution in [-0.2, 0) is 6.54 Å². The molecule has 0 spiro atoms. The average Bonchev–Trinajstić information content (AvgIpc) is 3.16. The predicted octanol–water partition coefficient (Wildman–Crippen LogP) is 3.40. The lowest BCUT2D eigenvalue weighted by molar-refractivity contribution is 0.251. The Labute approximate surface area is 148 Å². The highest BCUT2D eigenvalue weighted by Gasteiger charge is 2.13. The van der Waals surface area contributed by atoms with Crippen molar-refractivity contribution in [2.45, 2.75) is 26.3 Å². The molecular weight excluding hydrogens is 316 g/mol. The SMILES string of the molecule is CCOc1cccc(NC(=O)NCc2ccnc(N3CCCC3)c2)c1. The molecule has 0 radical (unpaired) electrons. The first-order valence-corrected chi connectivity index (χ1v) is 8.72. The summed E-state index contributed by atoms with van der Waals surface area (Å²) in [5, 5.41) is 5.70. The van der Waals surface area contributed by atoms with Crippen LogP contribution in [0.15, 0.2) is 42.6 Å². The second-order valence-corrected chi connectivity index (χ2v) is 5.98. The number of benzene rings is 1. The number of ether oxygens (including phenoxy) is 1. The Morgan fingerprint density at radius 1 is 1.24 bits per heavy atom. The van der Waals surface area contributed by atoms with Gasteiger partial charge in [0, 0.05) is 37.6 Å². The molecule has 3 rings (SSSR count). The maximum absolute atomic E-state index is 12.1. The minimum atomic E-state index is -0.242. The maximum Gasteiger partial charge on any atom is 0.319 e. The average molecular weight is 340 g/mol. The highest BCUT2D eigenvalue weighted by Crippen LogP contribution is 2.19. The second-order valence-electron chi connectivity index (χ2n) is 5.98. The van der Waals surface area contributed by atoms with Crippen molar-refractivity contribution < 1.29 is 9.53 Å². The van der Waals surface area contributed by atoms with Crippen LogP contribution >= 0.6 is 0 Å². The lowest BCUT2D eigenvalue weighted by atomic mass is 10.2. The molecule has 2 heterocycles. The molecule has 1 aliphatic rings.